The predicted octanol–water partition coefficient (Wildman–Crippen LogP) is 2.15. The van der Waals surface area contributed by atoms with Gasteiger partial charge in [-0.1, -0.05) is 0 Å². The number of ketones is 1. The van der Waals surface area contributed by atoms with Crippen LogP contribution in [0.3, 0.4) is 0 Å². The summed E-state index contributed by atoms with van der Waals surface area (Å²) in [7, 11) is 1.56. The largest absolute Gasteiger partial charge is 0.496 e. The zero-order chi connectivity index (χ0) is 15.7. The van der Waals surface area contributed by atoms with Crippen LogP contribution in [0.5, 0.6) is 11.5 Å². The van der Waals surface area contributed by atoms with Crippen molar-refractivity contribution in [3.63, 3.8) is 0 Å². The lowest BCUT2D eigenvalue weighted by molar-refractivity contribution is -0.0337. The summed E-state index contributed by atoms with van der Waals surface area (Å²) in [5.74, 6) is 1.10. The van der Waals surface area contributed by atoms with E-state index < -0.39 is 5.63 Å². The SMILES string of the molecule is COc1cc2c(c3oc(=O)c4c(c13)CCC4=O)C1CCO[C@@H]1O2. The second kappa shape index (κ2) is 4.35. The van der Waals surface area contributed by atoms with Gasteiger partial charge in [0, 0.05) is 18.1 Å². The third-order valence-corrected chi connectivity index (χ3v) is 5.00. The Bertz CT molecular complexity index is 925. The molecular formula is C17H14O6. The molecule has 0 spiro atoms. The molecular weight excluding hydrogens is 300 g/mol. The van der Waals surface area contributed by atoms with E-state index in [1.807, 2.05) is 6.07 Å². The second-order valence-corrected chi connectivity index (χ2v) is 6.11. The van der Waals surface area contributed by atoms with Gasteiger partial charge in [-0.05, 0) is 18.4 Å². The van der Waals surface area contributed by atoms with Crippen LogP contribution >= 0.6 is 0 Å². The van der Waals surface area contributed by atoms with Gasteiger partial charge < -0.3 is 18.6 Å². The molecule has 3 aliphatic rings. The quantitative estimate of drug-likeness (QED) is 0.751. The Balaban J connectivity index is 1.92. The average Bonchev–Trinajstić information content (AvgIpc) is 3.20. The van der Waals surface area contributed by atoms with Crippen molar-refractivity contribution in [2.45, 2.75) is 31.5 Å². The van der Waals surface area contributed by atoms with Crippen LogP contribution in [-0.4, -0.2) is 25.8 Å². The second-order valence-electron chi connectivity index (χ2n) is 6.11. The van der Waals surface area contributed by atoms with Crippen molar-refractivity contribution in [1.82, 2.24) is 0 Å². The summed E-state index contributed by atoms with van der Waals surface area (Å²) >= 11 is 0. The number of rotatable bonds is 1. The lowest BCUT2D eigenvalue weighted by atomic mass is 9.94. The Hall–Kier alpha value is -2.34. The number of carbonyl (C=O) groups is 1. The van der Waals surface area contributed by atoms with Crippen LogP contribution in [0.15, 0.2) is 15.3 Å². The van der Waals surface area contributed by atoms with E-state index in [1.165, 1.54) is 0 Å². The molecule has 1 aromatic carbocycles. The first-order chi connectivity index (χ1) is 11.2. The highest BCUT2D eigenvalue weighted by atomic mass is 16.7. The first kappa shape index (κ1) is 13.1. The maximum Gasteiger partial charge on any atom is 0.347 e. The lowest BCUT2D eigenvalue weighted by Gasteiger charge is -2.13. The number of Topliss-reactive ketones (excluding diaryl/α,β-unsaturated/α-hetero) is 1. The molecule has 0 N–H and O–H groups in total. The molecule has 1 unspecified atom stereocenters. The van der Waals surface area contributed by atoms with Crippen LogP contribution in [0, 0.1) is 0 Å². The minimum atomic E-state index is -0.562. The van der Waals surface area contributed by atoms with Gasteiger partial charge in [-0.25, -0.2) is 4.79 Å². The molecule has 3 heterocycles. The van der Waals surface area contributed by atoms with Gasteiger partial charge in [0.1, 0.15) is 22.6 Å². The summed E-state index contributed by atoms with van der Waals surface area (Å²) in [4.78, 5) is 24.3. The van der Waals surface area contributed by atoms with E-state index in [0.29, 0.717) is 36.5 Å². The lowest BCUT2D eigenvalue weighted by Crippen LogP contribution is -2.14. The molecule has 1 aliphatic carbocycles. The predicted molar refractivity (Wildman–Crippen MR) is 79.4 cm³/mol. The summed E-state index contributed by atoms with van der Waals surface area (Å²) < 4.78 is 22.5. The summed E-state index contributed by atoms with van der Waals surface area (Å²) in [6, 6.07) is 1.81. The van der Waals surface area contributed by atoms with Crippen molar-refractivity contribution in [2.24, 2.45) is 0 Å². The average molecular weight is 314 g/mol. The summed E-state index contributed by atoms with van der Waals surface area (Å²) in [6.45, 7) is 0.621. The highest BCUT2D eigenvalue weighted by molar-refractivity contribution is 6.06. The van der Waals surface area contributed by atoms with Gasteiger partial charge in [0.25, 0.3) is 0 Å². The monoisotopic (exact) mass is 314 g/mol. The molecule has 23 heavy (non-hydrogen) atoms. The molecule has 0 radical (unpaired) electrons. The highest BCUT2D eigenvalue weighted by Crippen LogP contribution is 2.51. The molecule has 2 aromatic rings. The van der Waals surface area contributed by atoms with E-state index >= 15 is 0 Å². The van der Waals surface area contributed by atoms with Gasteiger partial charge in [0.05, 0.1) is 25.0 Å². The first-order valence-corrected chi connectivity index (χ1v) is 7.71. The molecule has 0 amide bonds. The van der Waals surface area contributed by atoms with Crippen molar-refractivity contribution in [1.29, 1.82) is 0 Å². The van der Waals surface area contributed by atoms with Crippen LogP contribution in [0.1, 0.15) is 40.2 Å². The first-order valence-electron chi connectivity index (χ1n) is 7.71. The maximum atomic E-state index is 12.3. The number of ether oxygens (including phenoxy) is 3. The Morgan fingerprint density at radius 1 is 1.26 bits per heavy atom. The van der Waals surface area contributed by atoms with Crippen molar-refractivity contribution >= 4 is 16.8 Å². The normalized spacial score (nSPS) is 24.5. The summed E-state index contributed by atoms with van der Waals surface area (Å²) in [5, 5.41) is 0.725. The zero-order valence-corrected chi connectivity index (χ0v) is 12.5. The molecule has 5 rings (SSSR count). The molecule has 2 atom stereocenters. The van der Waals surface area contributed by atoms with Crippen LogP contribution in [-0.2, 0) is 11.2 Å². The summed E-state index contributed by atoms with van der Waals surface area (Å²) in [6.07, 6.45) is 1.36. The van der Waals surface area contributed by atoms with E-state index in [2.05, 4.69) is 0 Å². The number of carbonyl (C=O) groups excluding carboxylic acids is 1. The Kier molecular flexibility index (Phi) is 2.48. The number of hydrogen-bond donors (Lipinski definition) is 0. The minimum absolute atomic E-state index is 0.0525. The number of aryl methyl sites for hydroxylation is 1. The van der Waals surface area contributed by atoms with E-state index in [9.17, 15) is 9.59 Å². The van der Waals surface area contributed by atoms with Crippen LogP contribution < -0.4 is 15.1 Å². The van der Waals surface area contributed by atoms with E-state index in [4.69, 9.17) is 18.6 Å². The molecule has 1 aromatic heterocycles. The molecule has 6 heteroatoms. The standard InChI is InChI=1S/C17H14O6/c1-20-10-6-11-14(8-4-5-21-17(8)22-11)15-13(10)7-2-3-9(18)12(7)16(19)23-15/h6,8,17H,2-5H2,1H3/t8?,17-/m1/s1. The van der Waals surface area contributed by atoms with Gasteiger partial charge in [0.15, 0.2) is 5.78 Å². The van der Waals surface area contributed by atoms with Gasteiger partial charge in [0.2, 0.25) is 6.29 Å². The van der Waals surface area contributed by atoms with E-state index in [0.717, 1.165) is 22.9 Å². The number of methoxy groups -OCH3 is 1. The van der Waals surface area contributed by atoms with Crippen molar-refractivity contribution in [3.05, 3.63) is 33.2 Å². The number of fused-ring (bicyclic) bond motifs is 7. The van der Waals surface area contributed by atoms with Gasteiger partial charge in [-0.2, -0.15) is 0 Å². The Labute approximate surface area is 130 Å². The molecule has 2 aliphatic heterocycles. The van der Waals surface area contributed by atoms with E-state index in [-0.39, 0.29) is 23.6 Å². The molecule has 118 valence electrons. The van der Waals surface area contributed by atoms with Crippen molar-refractivity contribution in [3.8, 4) is 11.5 Å². The summed E-state index contributed by atoms with van der Waals surface area (Å²) in [5.41, 5.74) is 1.70. The Morgan fingerprint density at radius 2 is 2.13 bits per heavy atom. The van der Waals surface area contributed by atoms with Crippen molar-refractivity contribution in [2.75, 3.05) is 13.7 Å². The van der Waals surface area contributed by atoms with Gasteiger partial charge in [-0.15, -0.1) is 0 Å². The molecule has 1 saturated heterocycles. The maximum absolute atomic E-state index is 12.3. The van der Waals surface area contributed by atoms with Crippen LogP contribution in [0.25, 0.3) is 11.0 Å². The molecule has 1 fully saturated rings. The number of benzene rings is 1. The Morgan fingerprint density at radius 3 is 2.96 bits per heavy atom. The zero-order valence-electron chi connectivity index (χ0n) is 12.5. The topological polar surface area (TPSA) is 75.0 Å². The minimum Gasteiger partial charge on any atom is -0.496 e. The highest BCUT2D eigenvalue weighted by Gasteiger charge is 2.43. The molecule has 6 nitrogen and oxygen atoms in total. The van der Waals surface area contributed by atoms with Gasteiger partial charge >= 0.3 is 5.63 Å². The molecule has 0 saturated carbocycles. The fraction of sp³-hybridized carbons (Fsp3) is 0.412. The number of hydrogen-bond acceptors (Lipinski definition) is 6. The fourth-order valence-corrected chi connectivity index (χ4v) is 4.00. The van der Waals surface area contributed by atoms with Crippen LogP contribution in [0.2, 0.25) is 0 Å². The van der Waals surface area contributed by atoms with E-state index in [1.54, 1.807) is 7.11 Å². The molecule has 0 bridgehead atoms. The van der Waals surface area contributed by atoms with Crippen LogP contribution in [0.4, 0.5) is 0 Å². The van der Waals surface area contributed by atoms with Crippen molar-refractivity contribution < 1.29 is 23.4 Å². The third kappa shape index (κ3) is 1.56. The smallest absolute Gasteiger partial charge is 0.347 e. The third-order valence-electron chi connectivity index (χ3n) is 5.00. The fourth-order valence-electron chi connectivity index (χ4n) is 4.00. The van der Waals surface area contributed by atoms with Gasteiger partial charge in [-0.3, -0.25) is 4.79 Å².